The van der Waals surface area contributed by atoms with E-state index in [0.29, 0.717) is 14.6 Å². The first-order valence-electron chi connectivity index (χ1n) is 10.0. The van der Waals surface area contributed by atoms with E-state index in [-0.39, 0.29) is 23.5 Å². The number of anilines is 2. The van der Waals surface area contributed by atoms with Crippen molar-refractivity contribution in [3.63, 3.8) is 0 Å². The number of rotatable bonds is 9. The Balaban J connectivity index is 1.39. The van der Waals surface area contributed by atoms with Gasteiger partial charge in [0.25, 0.3) is 0 Å². The molecule has 0 radical (unpaired) electrons. The number of carbonyl (C=O) groups excluding carboxylic acids is 2. The van der Waals surface area contributed by atoms with Crippen LogP contribution in [-0.2, 0) is 9.59 Å². The van der Waals surface area contributed by atoms with Crippen LogP contribution in [0, 0.1) is 18.8 Å². The van der Waals surface area contributed by atoms with Crippen molar-refractivity contribution in [2.45, 2.75) is 63.1 Å². The van der Waals surface area contributed by atoms with Crippen molar-refractivity contribution in [3.05, 3.63) is 11.1 Å². The number of thioether (sulfide) groups is 1. The number of aryl methyl sites for hydroxylation is 1. The highest BCUT2D eigenvalue weighted by Crippen LogP contribution is 2.33. The van der Waals surface area contributed by atoms with Crippen molar-refractivity contribution in [2.75, 3.05) is 16.4 Å². The van der Waals surface area contributed by atoms with Gasteiger partial charge in [-0.1, -0.05) is 49.3 Å². The number of hydrogen-bond acceptors (Lipinski definition) is 8. The molecule has 158 valence electrons. The van der Waals surface area contributed by atoms with Gasteiger partial charge >= 0.3 is 0 Å². The normalized spacial score (nSPS) is 19.1. The molecule has 7 nitrogen and oxygen atoms in total. The van der Waals surface area contributed by atoms with Crippen LogP contribution in [0.25, 0.3) is 0 Å². The smallest absolute Gasteiger partial charge is 0.236 e. The topological polar surface area (TPSA) is 96.9 Å². The molecule has 29 heavy (non-hydrogen) atoms. The third-order valence-electron chi connectivity index (χ3n) is 5.01. The fourth-order valence-electron chi connectivity index (χ4n) is 3.43. The van der Waals surface area contributed by atoms with Crippen molar-refractivity contribution < 1.29 is 9.59 Å². The van der Waals surface area contributed by atoms with E-state index in [4.69, 9.17) is 0 Å². The molecule has 2 amide bonds. The zero-order valence-corrected chi connectivity index (χ0v) is 19.2. The number of aromatic nitrogens is 3. The lowest BCUT2D eigenvalue weighted by atomic mass is 9.79. The molecule has 2 heterocycles. The summed E-state index contributed by atoms with van der Waals surface area (Å²) in [5, 5.41) is 16.8. The van der Waals surface area contributed by atoms with Gasteiger partial charge in [0.2, 0.25) is 16.9 Å². The zero-order valence-electron chi connectivity index (χ0n) is 16.8. The average molecular weight is 454 g/mol. The molecule has 1 saturated carbocycles. The predicted molar refractivity (Wildman–Crippen MR) is 120 cm³/mol. The lowest BCUT2D eigenvalue weighted by Crippen LogP contribution is -2.27. The maximum Gasteiger partial charge on any atom is 0.236 e. The van der Waals surface area contributed by atoms with Crippen LogP contribution in [0.4, 0.5) is 10.3 Å². The Morgan fingerprint density at radius 2 is 1.97 bits per heavy atom. The highest BCUT2D eigenvalue weighted by atomic mass is 32.2. The van der Waals surface area contributed by atoms with E-state index < -0.39 is 0 Å². The second-order valence-electron chi connectivity index (χ2n) is 7.35. The lowest BCUT2D eigenvalue weighted by molar-refractivity contribution is -0.121. The summed E-state index contributed by atoms with van der Waals surface area (Å²) in [6, 6.07) is 0. The fourth-order valence-corrected chi connectivity index (χ4v) is 5.69. The third-order valence-corrected chi connectivity index (χ3v) is 7.86. The van der Waals surface area contributed by atoms with E-state index in [0.717, 1.165) is 37.3 Å². The van der Waals surface area contributed by atoms with Gasteiger partial charge < -0.3 is 10.6 Å². The van der Waals surface area contributed by atoms with Gasteiger partial charge in [-0.2, -0.15) is 0 Å². The Morgan fingerprint density at radius 3 is 2.66 bits per heavy atom. The van der Waals surface area contributed by atoms with Gasteiger partial charge in [0.1, 0.15) is 0 Å². The quantitative estimate of drug-likeness (QED) is 0.411. The van der Waals surface area contributed by atoms with Gasteiger partial charge in [-0.3, -0.25) is 9.59 Å². The summed E-state index contributed by atoms with van der Waals surface area (Å²) in [5.74, 6) is 0.986. The summed E-state index contributed by atoms with van der Waals surface area (Å²) < 4.78 is 0.661. The van der Waals surface area contributed by atoms with Crippen molar-refractivity contribution in [3.8, 4) is 0 Å². The molecule has 10 heteroatoms. The van der Waals surface area contributed by atoms with Gasteiger partial charge in [-0.25, -0.2) is 4.98 Å². The van der Waals surface area contributed by atoms with E-state index in [9.17, 15) is 9.59 Å². The first kappa shape index (κ1) is 22.2. The highest BCUT2D eigenvalue weighted by molar-refractivity contribution is 8.01. The molecule has 0 saturated heterocycles. The number of nitrogens with zero attached hydrogens (tertiary/aromatic N) is 3. The number of carbonyl (C=O) groups is 2. The molecule has 1 aliphatic rings. The highest BCUT2D eigenvalue weighted by Gasteiger charge is 2.26. The van der Waals surface area contributed by atoms with E-state index in [1.165, 1.54) is 53.7 Å². The van der Waals surface area contributed by atoms with Crippen LogP contribution in [0.5, 0.6) is 0 Å². The van der Waals surface area contributed by atoms with E-state index in [2.05, 4.69) is 32.7 Å². The van der Waals surface area contributed by atoms with Gasteiger partial charge in [0.05, 0.1) is 11.4 Å². The van der Waals surface area contributed by atoms with Crippen LogP contribution in [0.1, 0.15) is 57.6 Å². The van der Waals surface area contributed by atoms with Gasteiger partial charge in [-0.15, -0.1) is 21.5 Å². The molecule has 1 fully saturated rings. The van der Waals surface area contributed by atoms with E-state index >= 15 is 0 Å². The van der Waals surface area contributed by atoms with Gasteiger partial charge in [0, 0.05) is 11.3 Å². The van der Waals surface area contributed by atoms with Crippen molar-refractivity contribution in [1.29, 1.82) is 0 Å². The van der Waals surface area contributed by atoms with E-state index in [1.54, 1.807) is 0 Å². The number of hydrogen-bond donors (Lipinski definition) is 2. The van der Waals surface area contributed by atoms with Crippen LogP contribution in [0.15, 0.2) is 9.72 Å². The molecule has 0 spiro atoms. The van der Waals surface area contributed by atoms with Crippen LogP contribution < -0.4 is 10.6 Å². The average Bonchev–Trinajstić information content (AvgIpc) is 3.33. The molecular weight excluding hydrogens is 426 g/mol. The third kappa shape index (κ3) is 7.04. The molecule has 0 bridgehead atoms. The Hall–Kier alpha value is -1.52. The Kier molecular flexibility index (Phi) is 8.43. The summed E-state index contributed by atoms with van der Waals surface area (Å²) in [6.45, 7) is 4.11. The molecule has 3 rings (SSSR count). The number of unbranched alkanes of at least 4 members (excludes halogenated alkanes) is 1. The van der Waals surface area contributed by atoms with Crippen LogP contribution >= 0.6 is 34.4 Å². The van der Waals surface area contributed by atoms with Crippen molar-refractivity contribution in [1.82, 2.24) is 15.2 Å². The summed E-state index contributed by atoms with van der Waals surface area (Å²) in [7, 11) is 0. The number of amides is 2. The summed E-state index contributed by atoms with van der Waals surface area (Å²) in [6.07, 6.45) is 8.01. The Labute approximate surface area is 183 Å². The second kappa shape index (κ2) is 11.0. The van der Waals surface area contributed by atoms with E-state index in [1.807, 2.05) is 12.3 Å². The first-order valence-corrected chi connectivity index (χ1v) is 12.7. The van der Waals surface area contributed by atoms with Crippen molar-refractivity contribution >= 4 is 56.5 Å². The largest absolute Gasteiger partial charge is 0.301 e. The minimum Gasteiger partial charge on any atom is -0.301 e. The molecule has 0 aromatic carbocycles. The molecule has 0 unspecified atom stereocenters. The molecule has 0 atom stereocenters. The number of nitrogens with one attached hydrogen (secondary N) is 2. The molecule has 0 aliphatic heterocycles. The molecule has 2 N–H and O–H groups in total. The monoisotopic (exact) mass is 453 g/mol. The SMILES string of the molecule is CCCCC1CCC(C(=O)Nc2nnc(SCC(=O)Nc3nc(C)cs3)s2)CC1. The molecule has 1 aliphatic carbocycles. The number of thiazole rings is 1. The summed E-state index contributed by atoms with van der Waals surface area (Å²) >= 11 is 4.01. The first-order chi connectivity index (χ1) is 14.0. The minimum absolute atomic E-state index is 0.0449. The summed E-state index contributed by atoms with van der Waals surface area (Å²) in [4.78, 5) is 28.7. The summed E-state index contributed by atoms with van der Waals surface area (Å²) in [5.41, 5.74) is 0.886. The van der Waals surface area contributed by atoms with Crippen LogP contribution in [-0.4, -0.2) is 32.7 Å². The lowest BCUT2D eigenvalue weighted by Gasteiger charge is -2.27. The fraction of sp³-hybridized carbons (Fsp3) is 0.632. The maximum absolute atomic E-state index is 12.5. The molecular formula is C19H27N5O2S3. The Bertz CT molecular complexity index is 814. The van der Waals surface area contributed by atoms with Crippen LogP contribution in [0.3, 0.4) is 0 Å². The standard InChI is InChI=1S/C19H27N5O2S3/c1-3-4-5-13-6-8-14(9-7-13)16(26)22-18-23-24-19(29-18)28-11-15(25)21-17-20-12(2)10-27-17/h10,13-14H,3-9,11H2,1-2H3,(H,20,21,25)(H,22,23,26). The predicted octanol–water partition coefficient (Wildman–Crippen LogP) is 4.97. The Morgan fingerprint density at radius 1 is 1.17 bits per heavy atom. The molecule has 2 aromatic heterocycles. The molecule has 2 aromatic rings. The van der Waals surface area contributed by atoms with Gasteiger partial charge in [-0.05, 0) is 38.5 Å². The minimum atomic E-state index is -0.134. The zero-order chi connectivity index (χ0) is 20.6. The van der Waals surface area contributed by atoms with Gasteiger partial charge in [0.15, 0.2) is 9.47 Å². The van der Waals surface area contributed by atoms with Crippen molar-refractivity contribution in [2.24, 2.45) is 11.8 Å². The second-order valence-corrected chi connectivity index (χ2v) is 10.4. The van der Waals surface area contributed by atoms with Crippen LogP contribution in [0.2, 0.25) is 0 Å². The maximum atomic E-state index is 12.5.